The summed E-state index contributed by atoms with van der Waals surface area (Å²) in [6, 6.07) is 40.2. The van der Waals surface area contributed by atoms with Gasteiger partial charge in [-0.15, -0.1) is 4.33 Å². The van der Waals surface area contributed by atoms with Gasteiger partial charge in [-0.3, -0.25) is 0 Å². The Hall–Kier alpha value is -6.72. The van der Waals surface area contributed by atoms with Gasteiger partial charge in [0, 0.05) is 46.2 Å². The maximum Gasteiger partial charge on any atom is 0.204 e. The van der Waals surface area contributed by atoms with Gasteiger partial charge in [-0.1, -0.05) is 28.8 Å². The number of allylic oxidation sites excluding steroid dienone is 4. The minimum Gasteiger partial charge on any atom is -0.744 e. The first-order valence-electron chi connectivity index (χ1n) is 18.1. The zero-order valence-electron chi connectivity index (χ0n) is 32.6. The second kappa shape index (κ2) is 21.3. The highest BCUT2D eigenvalue weighted by Gasteiger charge is 2.07. The van der Waals surface area contributed by atoms with E-state index in [0.717, 1.165) is 79.9 Å². The van der Waals surface area contributed by atoms with E-state index < -0.39 is 10.1 Å². The summed E-state index contributed by atoms with van der Waals surface area (Å²) in [7, 11) is -4.47. The molecule has 7 N–H and O–H groups in total. The number of hydrogen-bond donors (Lipinski definition) is 6. The highest BCUT2D eigenvalue weighted by molar-refractivity contribution is 7.94. The van der Waals surface area contributed by atoms with Gasteiger partial charge in [0.05, 0.1) is 28.3 Å². The Morgan fingerprint density at radius 1 is 0.717 bits per heavy atom. The Balaban J connectivity index is 0.000000231. The number of nitrogens with two attached hydrogens (primary N) is 1. The van der Waals surface area contributed by atoms with Crippen LogP contribution in [0.15, 0.2) is 173 Å². The predicted molar refractivity (Wildman–Crippen MR) is 234 cm³/mol. The molecule has 0 heterocycles. The quantitative estimate of drug-likeness (QED) is 0.0191. The van der Waals surface area contributed by atoms with Crippen LogP contribution >= 0.6 is 12.0 Å². The Kier molecular flexibility index (Phi) is 15.8. The zero-order chi connectivity index (χ0) is 43.1. The van der Waals surface area contributed by atoms with E-state index in [9.17, 15) is 13.0 Å². The van der Waals surface area contributed by atoms with Crippen molar-refractivity contribution in [2.45, 2.75) is 30.6 Å². The summed E-state index contributed by atoms with van der Waals surface area (Å²) in [5, 5.41) is 32.7. The van der Waals surface area contributed by atoms with Gasteiger partial charge in [0.25, 0.3) is 0 Å². The molecule has 0 aromatic heterocycles. The van der Waals surface area contributed by atoms with Crippen molar-refractivity contribution >= 4 is 62.0 Å². The summed E-state index contributed by atoms with van der Waals surface area (Å²) in [6.07, 6.45) is 8.01. The van der Waals surface area contributed by atoms with Gasteiger partial charge in [-0.05, 0) is 147 Å². The van der Waals surface area contributed by atoms with E-state index in [2.05, 4.69) is 26.6 Å². The van der Waals surface area contributed by atoms with E-state index in [1.54, 1.807) is 25.1 Å². The number of aromatic hydroxyl groups is 2. The van der Waals surface area contributed by atoms with Crippen molar-refractivity contribution < 1.29 is 47.5 Å². The van der Waals surface area contributed by atoms with Crippen molar-refractivity contribution in [1.29, 1.82) is 0 Å². The van der Waals surface area contributed by atoms with Crippen LogP contribution in [0, 0.1) is 20.8 Å². The van der Waals surface area contributed by atoms with E-state index in [1.165, 1.54) is 24.6 Å². The van der Waals surface area contributed by atoms with Crippen molar-refractivity contribution in [1.82, 2.24) is 0 Å². The van der Waals surface area contributed by atoms with Crippen molar-refractivity contribution in [3.05, 3.63) is 174 Å². The number of benzene rings is 6. The molecule has 6 aromatic carbocycles. The van der Waals surface area contributed by atoms with E-state index in [0.29, 0.717) is 5.56 Å². The average molecular weight is 847 g/mol. The normalized spacial score (nSPS) is 11.8. The molecule has 1 aliphatic carbocycles. The molecule has 0 saturated carbocycles. The first kappa shape index (κ1) is 44.4. The number of anilines is 3. The lowest BCUT2D eigenvalue weighted by Gasteiger charge is -2.09. The molecule has 308 valence electrons. The smallest absolute Gasteiger partial charge is 0.204 e. The third-order valence-electron chi connectivity index (χ3n) is 8.36. The van der Waals surface area contributed by atoms with Crippen molar-refractivity contribution in [2.24, 2.45) is 4.99 Å². The summed E-state index contributed by atoms with van der Waals surface area (Å²) < 4.78 is 41.7. The second-order valence-electron chi connectivity index (χ2n) is 13.1. The minimum absolute atomic E-state index is 0.226. The van der Waals surface area contributed by atoms with E-state index in [4.69, 9.17) is 30.9 Å². The molecule has 13 nitrogen and oxygen atoms in total. The van der Waals surface area contributed by atoms with Gasteiger partial charge in [-0.2, -0.15) is 0 Å². The first-order chi connectivity index (χ1) is 28.7. The molecule has 6 aromatic rings. The minimum atomic E-state index is -4.47. The monoisotopic (exact) mass is 846 g/mol. The highest BCUT2D eigenvalue weighted by Crippen LogP contribution is 2.27. The molecule has 60 heavy (non-hydrogen) atoms. The lowest BCUT2D eigenvalue weighted by molar-refractivity contribution is -0.432. The Morgan fingerprint density at radius 2 is 1.32 bits per heavy atom. The average Bonchev–Trinajstić information content (AvgIpc) is 3.23. The number of phenolic OH excluding ortho intramolecular Hbond substituents is 2. The molecule has 0 unspecified atom stereocenters. The van der Waals surface area contributed by atoms with Crippen LogP contribution in [0.2, 0.25) is 0 Å². The molecule has 0 aliphatic heterocycles. The van der Waals surface area contributed by atoms with Gasteiger partial charge in [-0.25, -0.2) is 23.7 Å². The van der Waals surface area contributed by atoms with Crippen LogP contribution in [0.25, 0.3) is 0 Å². The van der Waals surface area contributed by atoms with Crippen molar-refractivity contribution in [2.75, 3.05) is 11.1 Å². The number of phenols is 2. The Bertz CT molecular complexity index is 2580. The van der Waals surface area contributed by atoms with Crippen LogP contribution < -0.4 is 20.8 Å². The Morgan fingerprint density at radius 3 is 1.88 bits per heavy atom. The molecule has 0 saturated heterocycles. The molecule has 15 heteroatoms. The van der Waals surface area contributed by atoms with Gasteiger partial charge < -0.3 is 30.6 Å². The maximum absolute atomic E-state index is 10.5. The SMILES string of the molecule is Cc1cc(SOOO)ccc1O.Cc1ccc(O)cc1S(=O)(=O)[O-].Cc1ccc(Oc2ccc(Nc3ccc(N=C4C=CC(=[NH+]c5ccc(N)cc5)C=C4)cc3)cc2)cc1. The first-order valence-corrected chi connectivity index (χ1v) is 20.2. The summed E-state index contributed by atoms with van der Waals surface area (Å²) in [6.45, 7) is 5.31. The number of nitrogens with one attached hydrogen (secondary N) is 2. The van der Waals surface area contributed by atoms with E-state index >= 15 is 0 Å². The molecular formula is C45H42N4O9S2. The van der Waals surface area contributed by atoms with Crippen LogP contribution in [-0.4, -0.2) is 39.9 Å². The lowest BCUT2D eigenvalue weighted by Crippen LogP contribution is -2.65. The molecule has 7 rings (SSSR count). The van der Waals surface area contributed by atoms with Crippen molar-refractivity contribution in [3.8, 4) is 23.0 Å². The van der Waals surface area contributed by atoms with Crippen LogP contribution in [-0.2, 0) is 19.5 Å². The predicted octanol–water partition coefficient (Wildman–Crippen LogP) is 8.90. The summed E-state index contributed by atoms with van der Waals surface area (Å²) in [5.41, 5.74) is 14.5. The Labute approximate surface area is 352 Å². The number of hydrogen-bond acceptors (Lipinski definition) is 13. The molecule has 0 radical (unpaired) electrons. The second-order valence-corrected chi connectivity index (χ2v) is 15.2. The number of nitrogens with zero attached hydrogens (tertiary/aromatic N) is 1. The van der Waals surface area contributed by atoms with Crippen molar-refractivity contribution in [3.63, 3.8) is 0 Å². The highest BCUT2D eigenvalue weighted by atomic mass is 32.2. The van der Waals surface area contributed by atoms with Gasteiger partial charge >= 0.3 is 0 Å². The van der Waals surface area contributed by atoms with Gasteiger partial charge in [0.1, 0.15) is 33.1 Å². The fourth-order valence-corrected chi connectivity index (χ4v) is 6.41. The molecule has 0 amide bonds. The molecular weight excluding hydrogens is 805 g/mol. The van der Waals surface area contributed by atoms with Crippen LogP contribution in [0.3, 0.4) is 0 Å². The number of nitrogen functional groups attached to an aromatic ring is 1. The molecule has 0 bridgehead atoms. The molecule has 0 atom stereocenters. The maximum atomic E-state index is 10.5. The molecule has 0 spiro atoms. The third-order valence-corrected chi connectivity index (χ3v) is 9.92. The summed E-state index contributed by atoms with van der Waals surface area (Å²) in [5.74, 6) is 1.63. The number of aryl methyl sites for hydroxylation is 3. The third kappa shape index (κ3) is 14.3. The van der Waals surface area contributed by atoms with E-state index in [1.807, 2.05) is 121 Å². The number of aliphatic imine (C=N–C) groups is 1. The largest absolute Gasteiger partial charge is 0.744 e. The van der Waals surface area contributed by atoms with E-state index in [-0.39, 0.29) is 16.4 Å². The fourth-order valence-electron chi connectivity index (χ4n) is 5.23. The fraction of sp³-hybridized carbons (Fsp3) is 0.0667. The van der Waals surface area contributed by atoms with Gasteiger partial charge in [0.15, 0.2) is 0 Å². The number of rotatable bonds is 10. The topological polar surface area (TPSA) is 210 Å². The van der Waals surface area contributed by atoms with Crippen LogP contribution in [0.4, 0.5) is 28.4 Å². The molecule has 1 aliphatic rings. The standard InChI is InChI=1S/C31H26N4O.2C7H8O4S/c1-22-2-18-30(19-3-22)36-31-20-16-29(17-21-31)35-28-14-12-27(13-15-28)34-26-10-8-25(9-11-26)33-24-6-4-23(32)5-7-24;1-5-4-6(12-11-10-9)2-3-7(5)8;1-5-2-3-6(8)4-7(5)12(9,10)11/h2-21,35H,32H2,1H3;2-4,8-9H,1H3;2-4,8H,1H3,(H,9,10,11). The van der Waals surface area contributed by atoms with Crippen LogP contribution in [0.5, 0.6) is 23.0 Å². The lowest BCUT2D eigenvalue weighted by atomic mass is 10.1. The van der Waals surface area contributed by atoms with Gasteiger partial charge in [0.2, 0.25) is 11.4 Å². The summed E-state index contributed by atoms with van der Waals surface area (Å²) in [4.78, 5) is 8.44. The number of ether oxygens (including phenoxy) is 1. The molecule has 0 fully saturated rings. The zero-order valence-corrected chi connectivity index (χ0v) is 34.3. The van der Waals surface area contributed by atoms with Crippen LogP contribution in [0.1, 0.15) is 16.7 Å². The summed E-state index contributed by atoms with van der Waals surface area (Å²) >= 11 is 0.860.